The van der Waals surface area contributed by atoms with Crippen LogP contribution in [0.2, 0.25) is 0 Å². The van der Waals surface area contributed by atoms with E-state index < -0.39 is 0 Å². The van der Waals surface area contributed by atoms with E-state index in [-0.39, 0.29) is 0 Å². The van der Waals surface area contributed by atoms with Crippen molar-refractivity contribution in [2.75, 3.05) is 0 Å². The van der Waals surface area contributed by atoms with Crippen molar-refractivity contribution >= 4 is 11.8 Å². The SMILES string of the molecule is Cc1ccc(SCc2ccccc2C#N)cc1. The number of hydrogen-bond acceptors (Lipinski definition) is 2. The van der Waals surface area contributed by atoms with Crippen molar-refractivity contribution < 1.29 is 0 Å². The van der Waals surface area contributed by atoms with Crippen LogP contribution in [0.3, 0.4) is 0 Å². The summed E-state index contributed by atoms with van der Waals surface area (Å²) in [5, 5.41) is 8.99. The third-order valence-electron chi connectivity index (χ3n) is 2.55. The minimum atomic E-state index is 0.770. The van der Waals surface area contributed by atoms with Gasteiger partial charge < -0.3 is 0 Å². The molecule has 0 unspecified atom stereocenters. The van der Waals surface area contributed by atoms with E-state index in [0.717, 1.165) is 16.9 Å². The molecule has 0 bridgehead atoms. The molecule has 17 heavy (non-hydrogen) atoms. The molecular weight excluding hydrogens is 226 g/mol. The Morgan fingerprint density at radius 3 is 2.47 bits per heavy atom. The van der Waals surface area contributed by atoms with Gasteiger partial charge in [-0.3, -0.25) is 0 Å². The van der Waals surface area contributed by atoms with Crippen LogP contribution < -0.4 is 0 Å². The summed E-state index contributed by atoms with van der Waals surface area (Å²) >= 11 is 1.76. The van der Waals surface area contributed by atoms with Gasteiger partial charge in [-0.1, -0.05) is 35.9 Å². The van der Waals surface area contributed by atoms with Gasteiger partial charge in [0.2, 0.25) is 0 Å². The van der Waals surface area contributed by atoms with Gasteiger partial charge in [0.1, 0.15) is 0 Å². The van der Waals surface area contributed by atoms with Crippen molar-refractivity contribution in [3.05, 3.63) is 65.2 Å². The van der Waals surface area contributed by atoms with Crippen LogP contribution in [0.25, 0.3) is 0 Å². The highest BCUT2D eigenvalue weighted by Gasteiger charge is 2.01. The average Bonchev–Trinajstić information content (AvgIpc) is 2.38. The van der Waals surface area contributed by atoms with Gasteiger partial charge in [-0.05, 0) is 30.7 Å². The number of nitriles is 1. The van der Waals surface area contributed by atoms with Crippen LogP contribution in [0.4, 0.5) is 0 Å². The first kappa shape index (κ1) is 11.8. The lowest BCUT2D eigenvalue weighted by Gasteiger charge is -2.04. The number of nitrogens with zero attached hydrogens (tertiary/aromatic N) is 1. The molecule has 0 N–H and O–H groups in total. The molecule has 2 aromatic rings. The van der Waals surface area contributed by atoms with Crippen LogP contribution in [0.1, 0.15) is 16.7 Å². The molecule has 0 saturated heterocycles. The normalized spacial score (nSPS) is 9.88. The molecule has 2 aromatic carbocycles. The van der Waals surface area contributed by atoms with E-state index in [9.17, 15) is 0 Å². The zero-order valence-electron chi connectivity index (χ0n) is 9.68. The van der Waals surface area contributed by atoms with Crippen molar-refractivity contribution in [1.82, 2.24) is 0 Å². The largest absolute Gasteiger partial charge is 0.192 e. The Morgan fingerprint density at radius 1 is 1.06 bits per heavy atom. The molecule has 0 saturated carbocycles. The minimum Gasteiger partial charge on any atom is -0.192 e. The molecule has 84 valence electrons. The van der Waals surface area contributed by atoms with Crippen LogP contribution in [0, 0.1) is 18.3 Å². The Labute approximate surface area is 106 Å². The Balaban J connectivity index is 2.08. The molecule has 0 amide bonds. The van der Waals surface area contributed by atoms with E-state index in [0.29, 0.717) is 0 Å². The van der Waals surface area contributed by atoms with Gasteiger partial charge in [0.05, 0.1) is 11.6 Å². The molecule has 2 heteroatoms. The highest BCUT2D eigenvalue weighted by Crippen LogP contribution is 2.24. The summed E-state index contributed by atoms with van der Waals surface area (Å²) in [7, 11) is 0. The van der Waals surface area contributed by atoms with Crippen LogP contribution in [-0.4, -0.2) is 0 Å². The Kier molecular flexibility index (Phi) is 3.85. The van der Waals surface area contributed by atoms with E-state index >= 15 is 0 Å². The molecule has 0 atom stereocenters. The van der Waals surface area contributed by atoms with Crippen molar-refractivity contribution in [3.8, 4) is 6.07 Å². The van der Waals surface area contributed by atoms with Crippen molar-refractivity contribution in [2.45, 2.75) is 17.6 Å². The van der Waals surface area contributed by atoms with Crippen molar-refractivity contribution in [1.29, 1.82) is 5.26 Å². The van der Waals surface area contributed by atoms with Gasteiger partial charge in [0, 0.05) is 10.6 Å². The average molecular weight is 239 g/mol. The number of hydrogen-bond donors (Lipinski definition) is 0. The first-order valence-corrected chi connectivity index (χ1v) is 6.45. The second-order valence-electron chi connectivity index (χ2n) is 3.87. The lowest BCUT2D eigenvalue weighted by Crippen LogP contribution is -1.86. The molecule has 2 rings (SSSR count). The predicted molar refractivity (Wildman–Crippen MR) is 71.9 cm³/mol. The number of thioether (sulfide) groups is 1. The van der Waals surface area contributed by atoms with Gasteiger partial charge in [-0.15, -0.1) is 11.8 Å². The van der Waals surface area contributed by atoms with E-state index in [2.05, 4.69) is 37.3 Å². The van der Waals surface area contributed by atoms with E-state index in [1.54, 1.807) is 11.8 Å². The molecule has 0 aliphatic heterocycles. The summed E-state index contributed by atoms with van der Waals surface area (Å²) in [5.74, 6) is 0.840. The van der Waals surface area contributed by atoms with Crippen molar-refractivity contribution in [3.63, 3.8) is 0 Å². The summed E-state index contributed by atoms with van der Waals surface area (Å²) in [6.45, 7) is 2.08. The van der Waals surface area contributed by atoms with E-state index in [1.165, 1.54) is 10.5 Å². The summed E-state index contributed by atoms with van der Waals surface area (Å²) in [6, 6.07) is 18.4. The third kappa shape index (κ3) is 3.12. The molecule has 0 spiro atoms. The highest BCUT2D eigenvalue weighted by atomic mass is 32.2. The molecular formula is C15H13NS. The second-order valence-corrected chi connectivity index (χ2v) is 4.92. The molecule has 1 nitrogen and oxygen atoms in total. The fraction of sp³-hybridized carbons (Fsp3) is 0.133. The van der Waals surface area contributed by atoms with Gasteiger partial charge in [0.15, 0.2) is 0 Å². The molecule has 0 radical (unpaired) electrons. The fourth-order valence-electron chi connectivity index (χ4n) is 1.55. The van der Waals surface area contributed by atoms with E-state index in [4.69, 9.17) is 5.26 Å². The zero-order chi connectivity index (χ0) is 12.1. The zero-order valence-corrected chi connectivity index (χ0v) is 10.5. The molecule has 0 aliphatic rings. The Hall–Kier alpha value is -1.72. The van der Waals surface area contributed by atoms with Gasteiger partial charge in [-0.2, -0.15) is 5.26 Å². The maximum Gasteiger partial charge on any atom is 0.0994 e. The second kappa shape index (κ2) is 5.56. The summed E-state index contributed by atoms with van der Waals surface area (Å²) < 4.78 is 0. The topological polar surface area (TPSA) is 23.8 Å². The molecule has 0 fully saturated rings. The lowest BCUT2D eigenvalue weighted by atomic mass is 10.1. The summed E-state index contributed by atoms with van der Waals surface area (Å²) in [6.07, 6.45) is 0. The standard InChI is InChI=1S/C15H13NS/c1-12-6-8-15(9-7-12)17-11-14-5-3-2-4-13(14)10-16/h2-9H,11H2,1H3. The molecule has 0 aliphatic carbocycles. The van der Waals surface area contributed by atoms with Crippen molar-refractivity contribution in [2.24, 2.45) is 0 Å². The summed E-state index contributed by atoms with van der Waals surface area (Å²) in [4.78, 5) is 1.24. The highest BCUT2D eigenvalue weighted by molar-refractivity contribution is 7.98. The quantitative estimate of drug-likeness (QED) is 0.751. The van der Waals surface area contributed by atoms with Crippen LogP contribution in [-0.2, 0) is 5.75 Å². The first-order valence-electron chi connectivity index (χ1n) is 5.47. The fourth-order valence-corrected chi connectivity index (χ4v) is 2.45. The first-order chi connectivity index (χ1) is 8.29. The monoisotopic (exact) mass is 239 g/mol. The van der Waals surface area contributed by atoms with Crippen LogP contribution in [0.15, 0.2) is 53.4 Å². The Morgan fingerprint density at radius 2 is 1.76 bits per heavy atom. The van der Waals surface area contributed by atoms with Gasteiger partial charge in [0.25, 0.3) is 0 Å². The van der Waals surface area contributed by atoms with Gasteiger partial charge >= 0.3 is 0 Å². The minimum absolute atomic E-state index is 0.770. The number of benzene rings is 2. The Bertz CT molecular complexity index is 538. The molecule has 0 aromatic heterocycles. The lowest BCUT2D eigenvalue weighted by molar-refractivity contribution is 1.33. The maximum atomic E-state index is 8.99. The van der Waals surface area contributed by atoms with Crippen LogP contribution >= 0.6 is 11.8 Å². The van der Waals surface area contributed by atoms with Gasteiger partial charge in [-0.25, -0.2) is 0 Å². The van der Waals surface area contributed by atoms with Crippen LogP contribution in [0.5, 0.6) is 0 Å². The maximum absolute atomic E-state index is 8.99. The number of rotatable bonds is 3. The summed E-state index contributed by atoms with van der Waals surface area (Å²) in [5.41, 5.74) is 3.14. The smallest absolute Gasteiger partial charge is 0.0994 e. The predicted octanol–water partition coefficient (Wildman–Crippen LogP) is 4.16. The molecule has 0 heterocycles. The van der Waals surface area contributed by atoms with E-state index in [1.807, 2.05) is 24.3 Å². The third-order valence-corrected chi connectivity index (χ3v) is 3.61. The number of aryl methyl sites for hydroxylation is 1.